The lowest BCUT2D eigenvalue weighted by Crippen LogP contribution is -2.23. The van der Waals surface area contributed by atoms with Crippen LogP contribution in [0.1, 0.15) is 6.92 Å². The number of hydrogen-bond acceptors (Lipinski definition) is 5. The molecule has 3 aromatic carbocycles. The molecular weight excluding hydrogens is 424 g/mol. The summed E-state index contributed by atoms with van der Waals surface area (Å²) in [5.74, 6) is -0.0565. The summed E-state index contributed by atoms with van der Waals surface area (Å²) in [6.45, 7) is 1.91. The number of nitrogens with zero attached hydrogens (tertiary/aromatic N) is 3. The van der Waals surface area contributed by atoms with Gasteiger partial charge in [-0.15, -0.1) is 11.8 Å². The second-order valence-corrected chi connectivity index (χ2v) is 9.28. The average molecular weight is 445 g/mol. The topological polar surface area (TPSA) is 59.3 Å². The molecule has 1 amide bonds. The molecule has 0 fully saturated rings. The second kappa shape index (κ2) is 8.24. The SMILES string of the molecule is CSc1ccccc1NC(=O)C(C)Sc1nc2ccccc2c2nc3ccccc3n12. The molecule has 31 heavy (non-hydrogen) atoms. The van der Waals surface area contributed by atoms with Crippen LogP contribution in [0.3, 0.4) is 0 Å². The van der Waals surface area contributed by atoms with Gasteiger partial charge in [-0.1, -0.05) is 48.2 Å². The van der Waals surface area contributed by atoms with E-state index in [1.807, 2.05) is 86.0 Å². The van der Waals surface area contributed by atoms with Crippen LogP contribution >= 0.6 is 23.5 Å². The largest absolute Gasteiger partial charge is 0.324 e. The molecule has 0 radical (unpaired) electrons. The fourth-order valence-electron chi connectivity index (χ4n) is 3.59. The summed E-state index contributed by atoms with van der Waals surface area (Å²) in [5, 5.41) is 4.47. The van der Waals surface area contributed by atoms with E-state index in [-0.39, 0.29) is 11.2 Å². The molecule has 2 aromatic heterocycles. The van der Waals surface area contributed by atoms with E-state index in [9.17, 15) is 4.79 Å². The third-order valence-corrected chi connectivity index (χ3v) is 6.98. The number of nitrogens with one attached hydrogen (secondary N) is 1. The maximum Gasteiger partial charge on any atom is 0.237 e. The predicted octanol–water partition coefficient (Wildman–Crippen LogP) is 5.88. The zero-order valence-electron chi connectivity index (χ0n) is 17.1. The van der Waals surface area contributed by atoms with E-state index in [0.717, 1.165) is 43.3 Å². The van der Waals surface area contributed by atoms with Crippen LogP contribution in [0.15, 0.2) is 82.8 Å². The molecule has 0 aliphatic rings. The number of aromatic nitrogens is 3. The molecular formula is C24H20N4OS2. The van der Waals surface area contributed by atoms with Gasteiger partial charge in [0.1, 0.15) is 5.65 Å². The smallest absolute Gasteiger partial charge is 0.237 e. The van der Waals surface area contributed by atoms with Gasteiger partial charge in [-0.05, 0) is 49.6 Å². The minimum atomic E-state index is -0.340. The van der Waals surface area contributed by atoms with E-state index < -0.39 is 0 Å². The van der Waals surface area contributed by atoms with Crippen LogP contribution in [0.25, 0.3) is 27.6 Å². The van der Waals surface area contributed by atoms with E-state index >= 15 is 0 Å². The van der Waals surface area contributed by atoms with Crippen molar-refractivity contribution in [2.45, 2.75) is 22.2 Å². The number of carbonyl (C=O) groups is 1. The summed E-state index contributed by atoms with van der Waals surface area (Å²) in [6.07, 6.45) is 2.00. The highest BCUT2D eigenvalue weighted by Gasteiger charge is 2.21. The lowest BCUT2D eigenvalue weighted by Gasteiger charge is -2.15. The van der Waals surface area contributed by atoms with Crippen LogP contribution in [0.2, 0.25) is 0 Å². The molecule has 1 N–H and O–H groups in total. The second-order valence-electron chi connectivity index (χ2n) is 7.12. The Morgan fingerprint density at radius 2 is 1.65 bits per heavy atom. The van der Waals surface area contributed by atoms with Gasteiger partial charge < -0.3 is 5.32 Å². The first-order valence-electron chi connectivity index (χ1n) is 9.92. The van der Waals surface area contributed by atoms with Crippen molar-refractivity contribution in [2.75, 3.05) is 11.6 Å². The van der Waals surface area contributed by atoms with Crippen molar-refractivity contribution in [1.82, 2.24) is 14.4 Å². The van der Waals surface area contributed by atoms with E-state index in [1.54, 1.807) is 11.8 Å². The monoisotopic (exact) mass is 444 g/mol. The summed E-state index contributed by atoms with van der Waals surface area (Å²) in [6, 6.07) is 23.8. The van der Waals surface area contributed by atoms with Gasteiger partial charge in [-0.2, -0.15) is 0 Å². The number of hydrogen-bond donors (Lipinski definition) is 1. The van der Waals surface area contributed by atoms with Crippen molar-refractivity contribution in [3.63, 3.8) is 0 Å². The van der Waals surface area contributed by atoms with Gasteiger partial charge in [-0.3, -0.25) is 9.20 Å². The van der Waals surface area contributed by atoms with Crippen molar-refractivity contribution >= 4 is 62.7 Å². The highest BCUT2D eigenvalue weighted by molar-refractivity contribution is 8.00. The van der Waals surface area contributed by atoms with Crippen LogP contribution in [0, 0.1) is 0 Å². The molecule has 0 saturated carbocycles. The van der Waals surface area contributed by atoms with Gasteiger partial charge in [0, 0.05) is 10.3 Å². The lowest BCUT2D eigenvalue weighted by molar-refractivity contribution is -0.115. The Bertz CT molecular complexity index is 1430. The first-order chi connectivity index (χ1) is 15.2. The Labute approximate surface area is 188 Å². The lowest BCUT2D eigenvalue weighted by atomic mass is 10.2. The third-order valence-electron chi connectivity index (χ3n) is 5.13. The third kappa shape index (κ3) is 3.64. The van der Waals surface area contributed by atoms with Gasteiger partial charge >= 0.3 is 0 Å². The van der Waals surface area contributed by atoms with Gasteiger partial charge in [0.25, 0.3) is 0 Å². The van der Waals surface area contributed by atoms with Crippen molar-refractivity contribution in [2.24, 2.45) is 0 Å². The number of benzene rings is 3. The van der Waals surface area contributed by atoms with Gasteiger partial charge in [0.2, 0.25) is 5.91 Å². The molecule has 0 bridgehead atoms. The molecule has 0 spiro atoms. The number of carbonyl (C=O) groups excluding carboxylic acids is 1. The standard InChI is InChI=1S/C24H20N4OS2/c1-15(23(29)26-19-12-6-8-14-21(19)30-2)31-24-27-17-10-4-3-9-16(17)22-25-18-11-5-7-13-20(18)28(22)24/h3-15H,1-2H3,(H,26,29). The minimum absolute atomic E-state index is 0.0565. The Morgan fingerprint density at radius 3 is 2.48 bits per heavy atom. The van der Waals surface area contributed by atoms with Crippen LogP contribution < -0.4 is 5.32 Å². The molecule has 1 atom stereocenters. The predicted molar refractivity (Wildman–Crippen MR) is 130 cm³/mol. The van der Waals surface area contributed by atoms with Crippen molar-refractivity contribution < 1.29 is 4.79 Å². The number of fused-ring (bicyclic) bond motifs is 5. The summed E-state index contributed by atoms with van der Waals surface area (Å²) in [4.78, 5) is 23.8. The normalized spacial score (nSPS) is 12.5. The number of thioether (sulfide) groups is 2. The summed E-state index contributed by atoms with van der Waals surface area (Å²) in [7, 11) is 0. The van der Waals surface area contributed by atoms with E-state index in [4.69, 9.17) is 9.97 Å². The molecule has 5 nitrogen and oxygen atoms in total. The molecule has 5 rings (SSSR count). The van der Waals surface area contributed by atoms with Crippen molar-refractivity contribution in [3.8, 4) is 0 Å². The van der Waals surface area contributed by atoms with Crippen LogP contribution in [-0.4, -0.2) is 31.8 Å². The van der Waals surface area contributed by atoms with Crippen LogP contribution in [-0.2, 0) is 4.79 Å². The minimum Gasteiger partial charge on any atom is -0.324 e. The van der Waals surface area contributed by atoms with Gasteiger partial charge in [0.15, 0.2) is 5.16 Å². The summed E-state index contributed by atoms with van der Waals surface area (Å²) < 4.78 is 2.06. The highest BCUT2D eigenvalue weighted by Crippen LogP contribution is 2.32. The van der Waals surface area contributed by atoms with Gasteiger partial charge in [0.05, 0.1) is 27.5 Å². The molecule has 1 unspecified atom stereocenters. The maximum atomic E-state index is 13.0. The van der Waals surface area contributed by atoms with Gasteiger partial charge in [-0.25, -0.2) is 9.97 Å². The zero-order valence-corrected chi connectivity index (χ0v) is 18.7. The molecule has 0 aliphatic heterocycles. The van der Waals surface area contributed by atoms with Crippen molar-refractivity contribution in [3.05, 3.63) is 72.8 Å². The van der Waals surface area contributed by atoms with Crippen LogP contribution in [0.4, 0.5) is 5.69 Å². The van der Waals surface area contributed by atoms with E-state index in [1.165, 1.54) is 11.8 Å². The molecule has 2 heterocycles. The Kier molecular flexibility index (Phi) is 5.29. The number of amides is 1. The Hall–Kier alpha value is -3.03. The molecule has 0 saturated heterocycles. The Balaban J connectivity index is 1.55. The Morgan fingerprint density at radius 1 is 0.935 bits per heavy atom. The highest BCUT2D eigenvalue weighted by atomic mass is 32.2. The number of rotatable bonds is 5. The molecule has 0 aliphatic carbocycles. The number of para-hydroxylation sites is 4. The fraction of sp³-hybridized carbons (Fsp3) is 0.125. The number of imidazole rings is 1. The summed E-state index contributed by atoms with van der Waals surface area (Å²) in [5.41, 5.74) is 4.45. The molecule has 5 aromatic rings. The number of anilines is 1. The first kappa shape index (κ1) is 19.9. The van der Waals surface area contributed by atoms with Crippen LogP contribution in [0.5, 0.6) is 0 Å². The first-order valence-corrected chi connectivity index (χ1v) is 12.0. The van der Waals surface area contributed by atoms with E-state index in [0.29, 0.717) is 0 Å². The fourth-order valence-corrected chi connectivity index (χ4v) is 5.06. The van der Waals surface area contributed by atoms with E-state index in [2.05, 4.69) is 9.72 Å². The van der Waals surface area contributed by atoms with Crippen molar-refractivity contribution in [1.29, 1.82) is 0 Å². The zero-order chi connectivity index (χ0) is 21.4. The quantitative estimate of drug-likeness (QED) is 0.271. The summed E-state index contributed by atoms with van der Waals surface area (Å²) >= 11 is 3.05. The molecule has 7 heteroatoms. The molecule has 154 valence electrons. The average Bonchev–Trinajstić information content (AvgIpc) is 3.19. The maximum absolute atomic E-state index is 13.0.